The van der Waals surface area contributed by atoms with E-state index in [9.17, 15) is 0 Å². The maximum Gasteiger partial charge on any atom is 0.0402 e. The third kappa shape index (κ3) is 1.23. The molecule has 1 aromatic heterocycles. The van der Waals surface area contributed by atoms with Gasteiger partial charge in [0.25, 0.3) is 0 Å². The first-order valence-electron chi connectivity index (χ1n) is 5.45. The van der Waals surface area contributed by atoms with E-state index in [2.05, 4.69) is 54.2 Å². The second kappa shape index (κ2) is 3.25. The molecule has 0 bridgehead atoms. The lowest BCUT2D eigenvalue weighted by Crippen LogP contribution is -1.78. The van der Waals surface area contributed by atoms with Gasteiger partial charge < -0.3 is 0 Å². The lowest BCUT2D eigenvalue weighted by molar-refractivity contribution is 1.26. The lowest BCUT2D eigenvalue weighted by Gasteiger charge is -1.98. The van der Waals surface area contributed by atoms with Crippen molar-refractivity contribution in [1.29, 1.82) is 0 Å². The Hall–Kier alpha value is -0.990. The Labute approximate surface area is 102 Å². The zero-order chi connectivity index (χ0) is 10.5. The summed E-state index contributed by atoms with van der Waals surface area (Å²) in [4.78, 5) is 0. The monoisotopic (exact) mass is 242 g/mol. The number of fused-ring (bicyclic) bond motifs is 3. The van der Waals surface area contributed by atoms with Crippen LogP contribution in [0.15, 0.2) is 42.5 Å². The van der Waals surface area contributed by atoms with Crippen LogP contribution in [0.25, 0.3) is 20.2 Å². The molecule has 4 rings (SSSR count). The summed E-state index contributed by atoms with van der Waals surface area (Å²) < 4.78 is 2.91. The average molecular weight is 242 g/mol. The van der Waals surface area contributed by atoms with E-state index in [0.29, 0.717) is 0 Å². The molecular weight excluding hydrogens is 232 g/mol. The molecule has 0 amide bonds. The van der Waals surface area contributed by atoms with Crippen LogP contribution in [0.4, 0.5) is 0 Å². The van der Waals surface area contributed by atoms with Crippen molar-refractivity contribution >= 4 is 43.3 Å². The summed E-state index contributed by atoms with van der Waals surface area (Å²) in [6.07, 6.45) is 0. The molecule has 1 unspecified atom stereocenters. The molecule has 3 aromatic rings. The molecule has 0 spiro atoms. The third-order valence-electron chi connectivity index (χ3n) is 3.11. The van der Waals surface area contributed by atoms with Crippen molar-refractivity contribution in [3.05, 3.63) is 48.0 Å². The molecule has 0 aliphatic carbocycles. The zero-order valence-electron chi connectivity index (χ0n) is 8.64. The number of rotatable bonds is 1. The number of hydrogen-bond acceptors (Lipinski definition) is 2. The van der Waals surface area contributed by atoms with E-state index in [4.69, 9.17) is 0 Å². The number of hydrogen-bond donors (Lipinski definition) is 0. The van der Waals surface area contributed by atoms with Gasteiger partial charge in [-0.3, -0.25) is 0 Å². The van der Waals surface area contributed by atoms with Gasteiger partial charge >= 0.3 is 0 Å². The Bertz CT molecular complexity index is 677. The maximum atomic E-state index is 2.29. The largest absolute Gasteiger partial charge is 0.151 e. The molecule has 1 atom stereocenters. The molecule has 0 nitrogen and oxygen atoms in total. The van der Waals surface area contributed by atoms with Gasteiger partial charge in [-0.1, -0.05) is 36.4 Å². The average Bonchev–Trinajstić information content (AvgIpc) is 3.09. The first-order valence-corrected chi connectivity index (χ1v) is 7.32. The van der Waals surface area contributed by atoms with Crippen LogP contribution in [0.2, 0.25) is 0 Å². The van der Waals surface area contributed by atoms with Gasteiger partial charge in [0.1, 0.15) is 0 Å². The fourth-order valence-corrected chi connectivity index (χ4v) is 4.25. The van der Waals surface area contributed by atoms with Crippen LogP contribution in [-0.2, 0) is 0 Å². The summed E-state index contributed by atoms with van der Waals surface area (Å²) in [6, 6.07) is 15.5. The molecule has 78 valence electrons. The Morgan fingerprint density at radius 2 is 1.75 bits per heavy atom. The van der Waals surface area contributed by atoms with Crippen LogP contribution in [-0.4, -0.2) is 5.75 Å². The van der Waals surface area contributed by atoms with Crippen molar-refractivity contribution in [1.82, 2.24) is 0 Å². The second-order valence-electron chi connectivity index (χ2n) is 4.14. The number of thioether (sulfide) groups is 1. The predicted octanol–water partition coefficient (Wildman–Crippen LogP) is 4.84. The topological polar surface area (TPSA) is 0 Å². The fourth-order valence-electron chi connectivity index (χ4n) is 2.25. The Morgan fingerprint density at radius 3 is 2.62 bits per heavy atom. The molecule has 1 aliphatic rings. The minimum atomic E-state index is 0.761. The Kier molecular flexibility index (Phi) is 1.85. The van der Waals surface area contributed by atoms with Crippen LogP contribution >= 0.6 is 23.1 Å². The quantitative estimate of drug-likeness (QED) is 0.550. The summed E-state index contributed by atoms with van der Waals surface area (Å²) in [5.41, 5.74) is 1.55. The van der Waals surface area contributed by atoms with E-state index in [1.165, 1.54) is 25.9 Å². The fraction of sp³-hybridized carbons (Fsp3) is 0.143. The van der Waals surface area contributed by atoms with Crippen LogP contribution in [0.3, 0.4) is 0 Å². The molecule has 0 saturated carbocycles. The summed E-state index contributed by atoms with van der Waals surface area (Å²) in [5.74, 6) is 1.30. The van der Waals surface area contributed by atoms with Gasteiger partial charge in [-0.25, -0.2) is 0 Å². The molecule has 1 fully saturated rings. The van der Waals surface area contributed by atoms with E-state index in [-0.39, 0.29) is 0 Å². The smallest absolute Gasteiger partial charge is 0.0402 e. The highest BCUT2D eigenvalue weighted by Crippen LogP contribution is 2.50. The lowest BCUT2D eigenvalue weighted by atomic mass is 10.1. The molecule has 16 heavy (non-hydrogen) atoms. The van der Waals surface area contributed by atoms with Crippen molar-refractivity contribution < 1.29 is 0 Å². The van der Waals surface area contributed by atoms with Gasteiger partial charge in [0.05, 0.1) is 0 Å². The number of benzene rings is 2. The van der Waals surface area contributed by atoms with Crippen LogP contribution in [0.5, 0.6) is 0 Å². The van der Waals surface area contributed by atoms with E-state index in [0.717, 1.165) is 5.25 Å². The normalized spacial score (nSPS) is 19.4. The van der Waals surface area contributed by atoms with E-state index >= 15 is 0 Å². The Balaban J connectivity index is 2.18. The van der Waals surface area contributed by atoms with Crippen molar-refractivity contribution in [2.75, 3.05) is 5.75 Å². The van der Waals surface area contributed by atoms with Crippen LogP contribution in [0, 0.1) is 0 Å². The summed E-state index contributed by atoms with van der Waals surface area (Å²) in [6.45, 7) is 0. The number of thiophene rings is 1. The summed E-state index contributed by atoms with van der Waals surface area (Å²) in [7, 11) is 0. The predicted molar refractivity (Wildman–Crippen MR) is 74.5 cm³/mol. The van der Waals surface area contributed by atoms with Gasteiger partial charge in [0.2, 0.25) is 0 Å². The van der Waals surface area contributed by atoms with Gasteiger partial charge in [-0.15, -0.1) is 11.3 Å². The Morgan fingerprint density at radius 1 is 0.938 bits per heavy atom. The first-order chi connectivity index (χ1) is 7.93. The highest BCUT2D eigenvalue weighted by atomic mass is 32.2. The van der Waals surface area contributed by atoms with Gasteiger partial charge in [-0.05, 0) is 11.6 Å². The minimum Gasteiger partial charge on any atom is -0.151 e. The highest BCUT2D eigenvalue weighted by Gasteiger charge is 2.27. The van der Waals surface area contributed by atoms with Crippen molar-refractivity contribution in [3.8, 4) is 0 Å². The van der Waals surface area contributed by atoms with Crippen molar-refractivity contribution in [3.63, 3.8) is 0 Å². The molecule has 2 heterocycles. The van der Waals surface area contributed by atoms with Crippen LogP contribution < -0.4 is 0 Å². The first kappa shape index (κ1) is 9.08. The van der Waals surface area contributed by atoms with E-state index in [1.807, 2.05) is 11.3 Å². The summed E-state index contributed by atoms with van der Waals surface area (Å²) in [5, 5.41) is 3.61. The van der Waals surface area contributed by atoms with E-state index < -0.39 is 0 Å². The molecule has 0 radical (unpaired) electrons. The van der Waals surface area contributed by atoms with Gasteiger partial charge in [0.15, 0.2) is 0 Å². The molecule has 2 aromatic carbocycles. The molecule has 1 saturated heterocycles. The third-order valence-corrected chi connectivity index (χ3v) is 5.27. The second-order valence-corrected chi connectivity index (χ2v) is 6.43. The zero-order valence-corrected chi connectivity index (χ0v) is 10.3. The van der Waals surface area contributed by atoms with Gasteiger partial charge in [0, 0.05) is 31.2 Å². The van der Waals surface area contributed by atoms with Crippen molar-refractivity contribution in [2.24, 2.45) is 0 Å². The molecule has 0 N–H and O–H groups in total. The summed E-state index contributed by atoms with van der Waals surface area (Å²) >= 11 is 4.00. The standard InChI is InChI=1S/C14H10S2/c1-2-7-12-9(4-1)10-5-3-6-11(13-8-15-13)14(10)16-12/h1-7,13H,8H2. The van der Waals surface area contributed by atoms with E-state index in [1.54, 1.807) is 5.56 Å². The molecule has 2 heteroatoms. The van der Waals surface area contributed by atoms with Crippen molar-refractivity contribution in [2.45, 2.75) is 5.25 Å². The van der Waals surface area contributed by atoms with Gasteiger partial charge in [-0.2, -0.15) is 11.8 Å². The molecule has 1 aliphatic heterocycles. The molecular formula is C14H10S2. The minimum absolute atomic E-state index is 0.761. The maximum absolute atomic E-state index is 2.29. The highest BCUT2D eigenvalue weighted by molar-refractivity contribution is 8.06. The SMILES string of the molecule is c1ccc2c(c1)sc1c(C3CS3)cccc12. The van der Waals surface area contributed by atoms with Crippen LogP contribution in [0.1, 0.15) is 10.8 Å².